The van der Waals surface area contributed by atoms with Crippen LogP contribution in [0.3, 0.4) is 0 Å². The smallest absolute Gasteiger partial charge is 0.160 e. The quantitative estimate of drug-likeness (QED) is 0.747. The number of methoxy groups -OCH3 is 1. The number of aryl methyl sites for hydroxylation is 1. The Morgan fingerprint density at radius 3 is 2.84 bits per heavy atom. The molecule has 0 radical (unpaired) electrons. The molecule has 2 nitrogen and oxygen atoms in total. The van der Waals surface area contributed by atoms with Gasteiger partial charge in [-0.3, -0.25) is 0 Å². The highest BCUT2D eigenvalue weighted by molar-refractivity contribution is 5.48. The molecule has 1 aliphatic carbocycles. The monoisotopic (exact) mass is 262 g/mol. The van der Waals surface area contributed by atoms with E-state index in [1.807, 2.05) is 6.07 Å². The lowest BCUT2D eigenvalue weighted by molar-refractivity contribution is 0.370. The molecule has 0 amide bonds. The van der Waals surface area contributed by atoms with Gasteiger partial charge in [-0.25, -0.2) is 0 Å². The Balaban J connectivity index is 2.09. The minimum atomic E-state index is 0.285. The van der Waals surface area contributed by atoms with Crippen molar-refractivity contribution in [2.45, 2.75) is 64.2 Å². The third-order valence-electron chi connectivity index (χ3n) is 4.29. The average molecular weight is 262 g/mol. The molecule has 0 heterocycles. The van der Waals surface area contributed by atoms with Crippen molar-refractivity contribution in [3.05, 3.63) is 23.3 Å². The molecule has 2 heteroatoms. The fourth-order valence-electron chi connectivity index (χ4n) is 3.20. The van der Waals surface area contributed by atoms with Gasteiger partial charge in [-0.2, -0.15) is 0 Å². The molecule has 1 aliphatic rings. The third-order valence-corrected chi connectivity index (χ3v) is 4.29. The summed E-state index contributed by atoms with van der Waals surface area (Å²) in [6, 6.07) is 3.97. The Morgan fingerprint density at radius 2 is 2.11 bits per heavy atom. The summed E-state index contributed by atoms with van der Waals surface area (Å²) in [4.78, 5) is 0. The molecule has 0 aromatic heterocycles. The molecule has 0 aliphatic heterocycles. The fraction of sp³-hybridized carbons (Fsp3) is 0.647. The van der Waals surface area contributed by atoms with Crippen LogP contribution in [0, 0.1) is 0 Å². The van der Waals surface area contributed by atoms with E-state index in [9.17, 15) is 5.11 Å². The van der Waals surface area contributed by atoms with Crippen LogP contribution in [0.15, 0.2) is 12.1 Å². The molecule has 1 atom stereocenters. The van der Waals surface area contributed by atoms with Crippen LogP contribution < -0.4 is 4.74 Å². The first kappa shape index (κ1) is 14.2. The normalized spacial score (nSPS) is 18.1. The van der Waals surface area contributed by atoms with Crippen molar-refractivity contribution in [1.29, 1.82) is 0 Å². The zero-order valence-corrected chi connectivity index (χ0v) is 12.2. The van der Waals surface area contributed by atoms with Gasteiger partial charge in [-0.05, 0) is 54.9 Å². The van der Waals surface area contributed by atoms with Gasteiger partial charge in [0.2, 0.25) is 0 Å². The van der Waals surface area contributed by atoms with E-state index in [-0.39, 0.29) is 5.75 Å². The Bertz CT molecular complexity index is 412. The number of hydrogen-bond donors (Lipinski definition) is 1. The van der Waals surface area contributed by atoms with Crippen molar-refractivity contribution in [2.75, 3.05) is 7.11 Å². The molecule has 106 valence electrons. The van der Waals surface area contributed by atoms with Crippen LogP contribution in [0.5, 0.6) is 11.5 Å². The van der Waals surface area contributed by atoms with Gasteiger partial charge in [-0.15, -0.1) is 0 Å². The fourth-order valence-corrected chi connectivity index (χ4v) is 3.20. The number of fused-ring (bicyclic) bond motifs is 1. The summed E-state index contributed by atoms with van der Waals surface area (Å²) in [5.74, 6) is 1.57. The molecular formula is C17H26O2. The predicted octanol–water partition coefficient (Wildman–Crippen LogP) is 4.79. The van der Waals surface area contributed by atoms with Crippen LogP contribution in [0.4, 0.5) is 0 Å². The molecular weight excluding hydrogens is 236 g/mol. The second-order valence-corrected chi connectivity index (χ2v) is 5.66. The summed E-state index contributed by atoms with van der Waals surface area (Å²) < 4.78 is 5.25. The molecule has 1 aromatic carbocycles. The zero-order valence-electron chi connectivity index (χ0n) is 12.2. The average Bonchev–Trinajstić information content (AvgIpc) is 2.43. The van der Waals surface area contributed by atoms with E-state index in [1.165, 1.54) is 56.1 Å². The molecule has 1 N–H and O–H groups in total. The van der Waals surface area contributed by atoms with Gasteiger partial charge in [-0.1, -0.05) is 32.6 Å². The summed E-state index contributed by atoms with van der Waals surface area (Å²) in [5.41, 5.74) is 2.74. The van der Waals surface area contributed by atoms with Crippen LogP contribution in [0.1, 0.15) is 68.9 Å². The van der Waals surface area contributed by atoms with Crippen molar-refractivity contribution in [2.24, 2.45) is 0 Å². The van der Waals surface area contributed by atoms with E-state index in [0.717, 1.165) is 6.42 Å². The highest BCUT2D eigenvalue weighted by Crippen LogP contribution is 2.40. The number of rotatable bonds is 6. The summed E-state index contributed by atoms with van der Waals surface area (Å²) in [7, 11) is 1.63. The Kier molecular flexibility index (Phi) is 5.12. The Hall–Kier alpha value is -1.18. The van der Waals surface area contributed by atoms with Crippen molar-refractivity contribution >= 4 is 0 Å². The molecule has 19 heavy (non-hydrogen) atoms. The number of hydrogen-bond acceptors (Lipinski definition) is 2. The second-order valence-electron chi connectivity index (χ2n) is 5.66. The van der Waals surface area contributed by atoms with Gasteiger partial charge in [0.1, 0.15) is 0 Å². The van der Waals surface area contributed by atoms with Crippen LogP contribution in [0.2, 0.25) is 0 Å². The number of unbranched alkanes of at least 4 members (excludes halogenated alkanes) is 3. The van der Waals surface area contributed by atoms with E-state index in [0.29, 0.717) is 11.7 Å². The molecule has 1 aromatic rings. The Morgan fingerprint density at radius 1 is 1.26 bits per heavy atom. The first-order valence-electron chi connectivity index (χ1n) is 7.66. The van der Waals surface area contributed by atoms with Crippen LogP contribution >= 0.6 is 0 Å². The van der Waals surface area contributed by atoms with E-state index < -0.39 is 0 Å². The summed E-state index contributed by atoms with van der Waals surface area (Å²) >= 11 is 0. The number of benzene rings is 1. The van der Waals surface area contributed by atoms with Gasteiger partial charge >= 0.3 is 0 Å². The van der Waals surface area contributed by atoms with Crippen LogP contribution in [0.25, 0.3) is 0 Å². The topological polar surface area (TPSA) is 29.5 Å². The van der Waals surface area contributed by atoms with Crippen molar-refractivity contribution < 1.29 is 9.84 Å². The van der Waals surface area contributed by atoms with Crippen molar-refractivity contribution in [3.8, 4) is 11.5 Å². The van der Waals surface area contributed by atoms with Gasteiger partial charge in [0.15, 0.2) is 11.5 Å². The molecule has 0 bridgehead atoms. The molecule has 0 saturated heterocycles. The van der Waals surface area contributed by atoms with Gasteiger partial charge in [0.05, 0.1) is 7.11 Å². The lowest BCUT2D eigenvalue weighted by atomic mass is 9.80. The van der Waals surface area contributed by atoms with Gasteiger partial charge in [0.25, 0.3) is 0 Å². The van der Waals surface area contributed by atoms with E-state index in [2.05, 4.69) is 13.0 Å². The minimum Gasteiger partial charge on any atom is -0.504 e. The lowest BCUT2D eigenvalue weighted by Crippen LogP contribution is -2.10. The van der Waals surface area contributed by atoms with Crippen molar-refractivity contribution in [1.82, 2.24) is 0 Å². The van der Waals surface area contributed by atoms with E-state index >= 15 is 0 Å². The van der Waals surface area contributed by atoms with E-state index in [1.54, 1.807) is 7.11 Å². The minimum absolute atomic E-state index is 0.285. The predicted molar refractivity (Wildman–Crippen MR) is 79.1 cm³/mol. The van der Waals surface area contributed by atoms with Gasteiger partial charge in [0, 0.05) is 0 Å². The third kappa shape index (κ3) is 3.43. The first-order chi connectivity index (χ1) is 9.26. The summed E-state index contributed by atoms with van der Waals surface area (Å²) in [6.45, 7) is 2.25. The summed E-state index contributed by atoms with van der Waals surface area (Å²) in [6.07, 6.45) is 10.2. The maximum atomic E-state index is 9.87. The SMILES string of the molecule is CCCCCCC1CCCc2cc(O)c(OC)cc21. The molecule has 1 unspecified atom stereocenters. The number of phenolic OH excluding ortho intramolecular Hbond substituents is 1. The van der Waals surface area contributed by atoms with Crippen molar-refractivity contribution in [3.63, 3.8) is 0 Å². The largest absolute Gasteiger partial charge is 0.504 e. The first-order valence-corrected chi connectivity index (χ1v) is 7.66. The Labute approximate surface area is 116 Å². The van der Waals surface area contributed by atoms with E-state index in [4.69, 9.17) is 4.74 Å². The van der Waals surface area contributed by atoms with Crippen LogP contribution in [-0.2, 0) is 6.42 Å². The summed E-state index contributed by atoms with van der Waals surface area (Å²) in [5, 5.41) is 9.87. The number of ether oxygens (including phenoxy) is 1. The molecule has 0 saturated carbocycles. The second kappa shape index (κ2) is 6.83. The maximum absolute atomic E-state index is 9.87. The molecule has 0 fully saturated rings. The molecule has 2 rings (SSSR count). The van der Waals surface area contributed by atoms with Crippen LogP contribution in [-0.4, -0.2) is 12.2 Å². The number of aromatic hydroxyl groups is 1. The van der Waals surface area contributed by atoms with Gasteiger partial charge < -0.3 is 9.84 Å². The standard InChI is InChI=1S/C17H26O2/c1-3-4-5-6-8-13-9-7-10-14-11-16(18)17(19-2)12-15(13)14/h11-13,18H,3-10H2,1-2H3. The lowest BCUT2D eigenvalue weighted by Gasteiger charge is -2.26. The maximum Gasteiger partial charge on any atom is 0.160 e. The zero-order chi connectivity index (χ0) is 13.7. The molecule has 0 spiro atoms. The number of phenols is 1. The highest BCUT2D eigenvalue weighted by atomic mass is 16.5. The highest BCUT2D eigenvalue weighted by Gasteiger charge is 2.22.